The fraction of sp³-hybridized carbons (Fsp3) is 0.240. The summed E-state index contributed by atoms with van der Waals surface area (Å²) in [7, 11) is 0. The average Bonchev–Trinajstić information content (AvgIpc) is 2.74. The molecule has 2 aliphatic rings. The fourth-order valence-corrected chi connectivity index (χ4v) is 5.06. The number of anilines is 1. The van der Waals surface area contributed by atoms with E-state index in [9.17, 15) is 9.59 Å². The molecule has 0 N–H and O–H groups in total. The molecular weight excluding hydrogens is 447 g/mol. The van der Waals surface area contributed by atoms with Crippen molar-refractivity contribution in [1.29, 1.82) is 0 Å². The van der Waals surface area contributed by atoms with Gasteiger partial charge in [-0.3, -0.25) is 14.5 Å². The van der Waals surface area contributed by atoms with Crippen molar-refractivity contribution in [3.63, 3.8) is 0 Å². The molecule has 1 amide bonds. The summed E-state index contributed by atoms with van der Waals surface area (Å²) in [5.41, 5.74) is 1.65. The van der Waals surface area contributed by atoms with Gasteiger partial charge in [-0.25, -0.2) is 4.98 Å². The van der Waals surface area contributed by atoms with Crippen LogP contribution < -0.4 is 4.90 Å². The van der Waals surface area contributed by atoms with E-state index in [0.717, 1.165) is 16.7 Å². The maximum Gasteiger partial charge on any atom is 0.311 e. The second-order valence-corrected chi connectivity index (χ2v) is 9.25. The molecule has 162 valence electrons. The molecule has 32 heavy (non-hydrogen) atoms. The van der Waals surface area contributed by atoms with E-state index in [2.05, 4.69) is 4.98 Å². The number of benzene rings is 2. The second kappa shape index (κ2) is 7.91. The number of piperidine rings is 1. The van der Waals surface area contributed by atoms with E-state index in [0.29, 0.717) is 22.3 Å². The quantitative estimate of drug-likeness (QED) is 0.468. The van der Waals surface area contributed by atoms with E-state index < -0.39 is 5.60 Å². The zero-order valence-corrected chi connectivity index (χ0v) is 18.8. The van der Waals surface area contributed by atoms with Gasteiger partial charge in [0.25, 0.3) is 5.91 Å². The maximum atomic E-state index is 13.8. The first-order valence-electron chi connectivity index (χ1n) is 10.4. The highest BCUT2D eigenvalue weighted by molar-refractivity contribution is 6.30. The lowest BCUT2D eigenvalue weighted by atomic mass is 9.71. The summed E-state index contributed by atoms with van der Waals surface area (Å²) in [4.78, 5) is 31.9. The first-order chi connectivity index (χ1) is 15.4. The van der Waals surface area contributed by atoms with Gasteiger partial charge in [0.05, 0.1) is 12.5 Å². The van der Waals surface area contributed by atoms with Crippen LogP contribution in [0.5, 0.6) is 0 Å². The van der Waals surface area contributed by atoms with Crippen molar-refractivity contribution in [3.05, 3.63) is 93.6 Å². The monoisotopic (exact) mass is 466 g/mol. The molecule has 7 heteroatoms. The van der Waals surface area contributed by atoms with Gasteiger partial charge in [0.1, 0.15) is 5.82 Å². The van der Waals surface area contributed by atoms with Crippen molar-refractivity contribution in [2.24, 2.45) is 0 Å². The Labute approximate surface area is 195 Å². The van der Waals surface area contributed by atoms with Crippen molar-refractivity contribution < 1.29 is 14.3 Å². The Morgan fingerprint density at radius 1 is 1.00 bits per heavy atom. The molecule has 1 spiro atoms. The molecule has 2 fully saturated rings. The predicted octanol–water partition coefficient (Wildman–Crippen LogP) is 5.64. The van der Waals surface area contributed by atoms with Crippen LogP contribution >= 0.6 is 23.2 Å². The van der Waals surface area contributed by atoms with E-state index >= 15 is 0 Å². The summed E-state index contributed by atoms with van der Waals surface area (Å²) in [5, 5.41) is 1.22. The van der Waals surface area contributed by atoms with Gasteiger partial charge in [0.2, 0.25) is 5.60 Å². The number of hydrogen-bond donors (Lipinski definition) is 0. The second-order valence-electron chi connectivity index (χ2n) is 8.37. The predicted molar refractivity (Wildman–Crippen MR) is 123 cm³/mol. The third-order valence-corrected chi connectivity index (χ3v) is 6.68. The molecule has 3 unspecified atom stereocenters. The van der Waals surface area contributed by atoms with E-state index in [1.54, 1.807) is 11.1 Å². The van der Waals surface area contributed by atoms with Crippen molar-refractivity contribution in [3.8, 4) is 0 Å². The lowest BCUT2D eigenvalue weighted by Gasteiger charge is -2.52. The summed E-state index contributed by atoms with van der Waals surface area (Å²) < 4.78 is 5.54. The smallest absolute Gasteiger partial charge is 0.311 e. The minimum Gasteiger partial charge on any atom is -0.448 e. The summed E-state index contributed by atoms with van der Waals surface area (Å²) in [6, 6.07) is 18.4. The van der Waals surface area contributed by atoms with E-state index in [1.165, 1.54) is 0 Å². The number of pyridine rings is 1. The summed E-state index contributed by atoms with van der Waals surface area (Å²) >= 11 is 12.5. The molecule has 3 atom stereocenters. The number of amides is 1. The minimum atomic E-state index is -1.20. The van der Waals surface area contributed by atoms with Crippen molar-refractivity contribution in [1.82, 2.24) is 4.98 Å². The number of aryl methyl sites for hydroxylation is 1. The number of rotatable bonds is 3. The Morgan fingerprint density at radius 3 is 2.41 bits per heavy atom. The Morgan fingerprint density at radius 2 is 1.75 bits per heavy atom. The van der Waals surface area contributed by atoms with E-state index in [4.69, 9.17) is 27.9 Å². The average molecular weight is 467 g/mol. The van der Waals surface area contributed by atoms with Crippen LogP contribution in [0.15, 0.2) is 66.9 Å². The van der Waals surface area contributed by atoms with Crippen LogP contribution in [-0.4, -0.2) is 22.5 Å². The van der Waals surface area contributed by atoms with Crippen LogP contribution in [0, 0.1) is 6.92 Å². The molecule has 3 aromatic rings. The normalized spacial score (nSPS) is 24.9. The standard InChI is InChI=1S/C25H20Cl2N2O3/c1-15-9-10-28-21(11-15)29-23(16-5-7-18(26)8-6-16)20(17-3-2-4-19(27)12-17)13-25(24(29)31)14-22(30)32-25/h2-12,20,23H,13-14H2,1H3. The molecule has 2 aromatic carbocycles. The van der Waals surface area contributed by atoms with Gasteiger partial charge in [0, 0.05) is 28.6 Å². The molecule has 0 aliphatic carbocycles. The number of carbonyl (C=O) groups excluding carboxylic acids is 2. The fourth-order valence-electron chi connectivity index (χ4n) is 4.73. The molecule has 3 heterocycles. The van der Waals surface area contributed by atoms with E-state index in [-0.39, 0.29) is 30.3 Å². The van der Waals surface area contributed by atoms with Crippen LogP contribution in [0.3, 0.4) is 0 Å². The van der Waals surface area contributed by atoms with Crippen molar-refractivity contribution in [2.45, 2.75) is 37.3 Å². The zero-order valence-electron chi connectivity index (χ0n) is 17.3. The SMILES string of the molecule is Cc1ccnc(N2C(=O)C3(CC(=O)O3)CC(c3cccc(Cl)c3)C2c2ccc(Cl)cc2)c1. The van der Waals surface area contributed by atoms with Crippen molar-refractivity contribution >= 4 is 40.9 Å². The van der Waals surface area contributed by atoms with Crippen molar-refractivity contribution in [2.75, 3.05) is 4.90 Å². The Kier molecular flexibility index (Phi) is 5.19. The Bertz CT molecular complexity index is 1200. The summed E-state index contributed by atoms with van der Waals surface area (Å²) in [6.45, 7) is 1.95. The minimum absolute atomic E-state index is 0.0541. The number of aromatic nitrogens is 1. The number of nitrogens with zero attached hydrogens (tertiary/aromatic N) is 2. The number of esters is 1. The van der Waals surface area contributed by atoms with Gasteiger partial charge in [-0.2, -0.15) is 0 Å². The van der Waals surface area contributed by atoms with Crippen LogP contribution in [-0.2, 0) is 14.3 Å². The van der Waals surface area contributed by atoms with E-state index in [1.807, 2.05) is 67.6 Å². The van der Waals surface area contributed by atoms with Crippen LogP contribution in [0.25, 0.3) is 0 Å². The summed E-state index contributed by atoms with van der Waals surface area (Å²) in [5.74, 6) is -0.286. The highest BCUT2D eigenvalue weighted by Crippen LogP contribution is 2.52. The molecule has 2 saturated heterocycles. The highest BCUT2D eigenvalue weighted by atomic mass is 35.5. The van der Waals surface area contributed by atoms with Gasteiger partial charge >= 0.3 is 5.97 Å². The summed E-state index contributed by atoms with van der Waals surface area (Å²) in [6.07, 6.45) is 2.10. The van der Waals surface area contributed by atoms with Gasteiger partial charge in [-0.15, -0.1) is 0 Å². The molecule has 1 aromatic heterocycles. The number of hydrogen-bond acceptors (Lipinski definition) is 4. The van der Waals surface area contributed by atoms with Gasteiger partial charge < -0.3 is 4.74 Å². The Hall–Kier alpha value is -2.89. The lowest BCUT2D eigenvalue weighted by molar-refractivity contribution is -0.199. The number of halogens is 2. The van der Waals surface area contributed by atoms with Gasteiger partial charge in [0.15, 0.2) is 0 Å². The molecule has 5 nitrogen and oxygen atoms in total. The number of ether oxygens (including phenoxy) is 1. The van der Waals surface area contributed by atoms with Crippen LogP contribution in [0.2, 0.25) is 10.0 Å². The molecule has 5 rings (SSSR count). The largest absolute Gasteiger partial charge is 0.448 e. The Balaban J connectivity index is 1.72. The third-order valence-electron chi connectivity index (χ3n) is 6.19. The first-order valence-corrected chi connectivity index (χ1v) is 11.1. The molecular formula is C25H20Cl2N2O3. The maximum absolute atomic E-state index is 13.8. The zero-order chi connectivity index (χ0) is 22.5. The van der Waals surface area contributed by atoms with Gasteiger partial charge in [-0.05, 0) is 60.0 Å². The topological polar surface area (TPSA) is 59.5 Å². The van der Waals surface area contributed by atoms with Gasteiger partial charge in [-0.1, -0.05) is 47.5 Å². The number of carbonyl (C=O) groups is 2. The molecule has 0 bridgehead atoms. The highest BCUT2D eigenvalue weighted by Gasteiger charge is 2.61. The lowest BCUT2D eigenvalue weighted by Crippen LogP contribution is -2.64. The van der Waals surface area contributed by atoms with Crippen LogP contribution in [0.1, 0.15) is 41.5 Å². The van der Waals surface area contributed by atoms with Crippen LogP contribution in [0.4, 0.5) is 5.82 Å². The third kappa shape index (κ3) is 3.55. The molecule has 2 aliphatic heterocycles. The molecule has 0 saturated carbocycles. The molecule has 0 radical (unpaired) electrons. The first kappa shape index (κ1) is 21.0.